The lowest BCUT2D eigenvalue weighted by Crippen LogP contribution is -2.43. The van der Waals surface area contributed by atoms with Crippen LogP contribution in [0.3, 0.4) is 0 Å². The second kappa shape index (κ2) is 7.68. The number of hydrogen-bond donors (Lipinski definition) is 0. The Morgan fingerprint density at radius 3 is 1.67 bits per heavy atom. The Labute approximate surface area is 107 Å². The highest BCUT2D eigenvalue weighted by Crippen LogP contribution is 2.31. The molecular weight excluding hydrogens is 240 g/mol. The first kappa shape index (κ1) is 16.4. The predicted molar refractivity (Wildman–Crippen MR) is 62.6 cm³/mol. The summed E-state index contributed by atoms with van der Waals surface area (Å²) in [6.07, 6.45) is -0.266. The summed E-state index contributed by atoms with van der Waals surface area (Å²) in [7, 11) is 1.19. The van der Waals surface area contributed by atoms with Crippen LogP contribution in [0.5, 0.6) is 0 Å². The second-order valence-electron chi connectivity index (χ2n) is 3.63. The van der Waals surface area contributed by atoms with Gasteiger partial charge in [-0.25, -0.2) is 0 Å². The first-order valence-corrected chi connectivity index (χ1v) is 5.89. The molecule has 0 aromatic heterocycles. The van der Waals surface area contributed by atoms with Gasteiger partial charge in [-0.3, -0.25) is 14.4 Å². The van der Waals surface area contributed by atoms with Gasteiger partial charge in [0, 0.05) is 0 Å². The zero-order valence-corrected chi connectivity index (χ0v) is 11.3. The number of ether oxygens (including phenoxy) is 3. The van der Waals surface area contributed by atoms with Crippen molar-refractivity contribution in [1.29, 1.82) is 0 Å². The Balaban J connectivity index is 5.24. The summed E-state index contributed by atoms with van der Waals surface area (Å²) < 4.78 is 14.2. The molecule has 0 aliphatic heterocycles. The highest BCUT2D eigenvalue weighted by molar-refractivity contribution is 6.03. The minimum Gasteiger partial charge on any atom is -0.469 e. The molecule has 0 spiro atoms. The fraction of sp³-hybridized carbons (Fsp3) is 0.750. The molecule has 0 heterocycles. The largest absolute Gasteiger partial charge is 0.469 e. The van der Waals surface area contributed by atoms with E-state index in [9.17, 15) is 14.4 Å². The van der Waals surface area contributed by atoms with Crippen LogP contribution in [-0.2, 0) is 28.6 Å². The van der Waals surface area contributed by atoms with Gasteiger partial charge in [0.15, 0.2) is 5.41 Å². The quantitative estimate of drug-likeness (QED) is 0.387. The van der Waals surface area contributed by atoms with Gasteiger partial charge in [-0.05, 0) is 20.3 Å². The lowest BCUT2D eigenvalue weighted by atomic mass is 9.81. The van der Waals surface area contributed by atoms with Gasteiger partial charge in [-0.1, -0.05) is 6.92 Å². The van der Waals surface area contributed by atoms with Crippen LogP contribution in [0.15, 0.2) is 0 Å². The van der Waals surface area contributed by atoms with E-state index in [0.717, 1.165) is 0 Å². The highest BCUT2D eigenvalue weighted by Gasteiger charge is 2.49. The Bertz CT molecular complexity index is 292. The van der Waals surface area contributed by atoms with E-state index in [0.29, 0.717) is 0 Å². The molecule has 0 saturated carbocycles. The molecule has 0 saturated heterocycles. The summed E-state index contributed by atoms with van der Waals surface area (Å²) in [5, 5.41) is 0. The predicted octanol–water partition coefficient (Wildman–Crippen LogP) is 1.07. The Hall–Kier alpha value is -1.59. The first-order valence-electron chi connectivity index (χ1n) is 5.89. The number of methoxy groups -OCH3 is 1. The van der Waals surface area contributed by atoms with Crippen LogP contribution in [-0.4, -0.2) is 38.2 Å². The third-order valence-electron chi connectivity index (χ3n) is 2.61. The molecule has 0 radical (unpaired) electrons. The molecular formula is C12H20O6. The van der Waals surface area contributed by atoms with Crippen LogP contribution in [0.2, 0.25) is 0 Å². The smallest absolute Gasteiger partial charge is 0.324 e. The molecule has 0 N–H and O–H groups in total. The lowest BCUT2D eigenvalue weighted by Gasteiger charge is -2.26. The van der Waals surface area contributed by atoms with Crippen LogP contribution in [0.4, 0.5) is 0 Å². The second-order valence-corrected chi connectivity index (χ2v) is 3.63. The van der Waals surface area contributed by atoms with Crippen molar-refractivity contribution in [3.05, 3.63) is 0 Å². The lowest BCUT2D eigenvalue weighted by molar-refractivity contribution is -0.177. The van der Waals surface area contributed by atoms with E-state index in [1.807, 2.05) is 0 Å². The number of rotatable bonds is 7. The van der Waals surface area contributed by atoms with Gasteiger partial charge >= 0.3 is 17.9 Å². The first-order chi connectivity index (χ1) is 8.48. The third-order valence-corrected chi connectivity index (χ3v) is 2.61. The molecule has 0 aliphatic rings. The summed E-state index contributed by atoms with van der Waals surface area (Å²) >= 11 is 0. The number of hydrogen-bond acceptors (Lipinski definition) is 6. The van der Waals surface area contributed by atoms with E-state index in [-0.39, 0.29) is 26.1 Å². The minimum atomic E-state index is -1.61. The molecule has 0 aromatic carbocycles. The maximum atomic E-state index is 11.9. The molecule has 18 heavy (non-hydrogen) atoms. The molecule has 6 nitrogen and oxygen atoms in total. The normalized spacial score (nSPS) is 10.7. The van der Waals surface area contributed by atoms with Crippen LogP contribution in [0, 0.1) is 5.41 Å². The van der Waals surface area contributed by atoms with Gasteiger partial charge in [0.05, 0.1) is 26.7 Å². The summed E-state index contributed by atoms with van der Waals surface area (Å²) in [6, 6.07) is 0. The van der Waals surface area contributed by atoms with E-state index in [1.165, 1.54) is 7.11 Å². The standard InChI is InChI=1S/C12H20O6/c1-5-12(8-9(13)16-4,10(14)17-6-2)11(15)18-7-3/h5-8H2,1-4H3. The van der Waals surface area contributed by atoms with E-state index in [4.69, 9.17) is 9.47 Å². The average Bonchev–Trinajstić information content (AvgIpc) is 2.36. The van der Waals surface area contributed by atoms with Crippen molar-refractivity contribution in [2.75, 3.05) is 20.3 Å². The van der Waals surface area contributed by atoms with E-state index < -0.39 is 23.3 Å². The SMILES string of the molecule is CCOC(=O)C(CC)(CC(=O)OC)C(=O)OCC. The maximum Gasteiger partial charge on any atom is 0.324 e. The molecule has 0 atom stereocenters. The molecule has 0 amide bonds. The molecule has 0 bridgehead atoms. The van der Waals surface area contributed by atoms with Crippen molar-refractivity contribution in [2.45, 2.75) is 33.6 Å². The average molecular weight is 260 g/mol. The molecule has 0 fully saturated rings. The Morgan fingerprint density at radius 2 is 1.39 bits per heavy atom. The van der Waals surface area contributed by atoms with E-state index in [2.05, 4.69) is 4.74 Å². The maximum absolute atomic E-state index is 11.9. The van der Waals surface area contributed by atoms with Gasteiger partial charge < -0.3 is 14.2 Å². The van der Waals surface area contributed by atoms with Crippen LogP contribution >= 0.6 is 0 Å². The number of carbonyl (C=O) groups excluding carboxylic acids is 3. The summed E-state index contributed by atoms with van der Waals surface area (Å²) in [5.41, 5.74) is -1.61. The highest BCUT2D eigenvalue weighted by atomic mass is 16.6. The zero-order valence-electron chi connectivity index (χ0n) is 11.3. The third kappa shape index (κ3) is 3.72. The zero-order chi connectivity index (χ0) is 14.2. The summed E-state index contributed by atoms with van der Waals surface area (Å²) in [6.45, 7) is 5.13. The van der Waals surface area contributed by atoms with Gasteiger partial charge in [0.25, 0.3) is 0 Å². The van der Waals surface area contributed by atoms with Crippen molar-refractivity contribution in [3.8, 4) is 0 Å². The van der Waals surface area contributed by atoms with Crippen molar-refractivity contribution < 1.29 is 28.6 Å². The Morgan fingerprint density at radius 1 is 0.944 bits per heavy atom. The molecule has 0 aliphatic carbocycles. The minimum absolute atomic E-state index is 0.111. The van der Waals surface area contributed by atoms with Gasteiger partial charge in [-0.2, -0.15) is 0 Å². The van der Waals surface area contributed by atoms with E-state index >= 15 is 0 Å². The fourth-order valence-electron chi connectivity index (χ4n) is 1.50. The van der Waals surface area contributed by atoms with Gasteiger partial charge in [-0.15, -0.1) is 0 Å². The van der Waals surface area contributed by atoms with Crippen molar-refractivity contribution in [2.24, 2.45) is 5.41 Å². The number of esters is 3. The van der Waals surface area contributed by atoms with Crippen LogP contribution in [0.25, 0.3) is 0 Å². The molecule has 0 aromatic rings. The van der Waals surface area contributed by atoms with Gasteiger partial charge in [0.2, 0.25) is 0 Å². The Kier molecular flexibility index (Phi) is 7.00. The van der Waals surface area contributed by atoms with Crippen molar-refractivity contribution in [1.82, 2.24) is 0 Å². The van der Waals surface area contributed by atoms with Gasteiger partial charge in [0.1, 0.15) is 0 Å². The molecule has 104 valence electrons. The molecule has 6 heteroatoms. The van der Waals surface area contributed by atoms with E-state index in [1.54, 1.807) is 20.8 Å². The number of carbonyl (C=O) groups is 3. The van der Waals surface area contributed by atoms with Crippen molar-refractivity contribution in [3.63, 3.8) is 0 Å². The van der Waals surface area contributed by atoms with Crippen LogP contribution in [0.1, 0.15) is 33.6 Å². The fourth-order valence-corrected chi connectivity index (χ4v) is 1.50. The summed E-state index contributed by atoms with van der Waals surface area (Å²) in [5.74, 6) is -2.16. The van der Waals surface area contributed by atoms with Crippen LogP contribution < -0.4 is 0 Å². The summed E-state index contributed by atoms with van der Waals surface area (Å²) in [4.78, 5) is 35.2. The monoisotopic (exact) mass is 260 g/mol. The molecule has 0 unspecified atom stereocenters. The van der Waals surface area contributed by atoms with Crippen molar-refractivity contribution >= 4 is 17.9 Å². The molecule has 0 rings (SSSR count). The topological polar surface area (TPSA) is 78.9 Å².